The van der Waals surface area contributed by atoms with Crippen LogP contribution in [0.25, 0.3) is 5.70 Å². The van der Waals surface area contributed by atoms with Crippen molar-refractivity contribution in [3.05, 3.63) is 118 Å². The molecule has 0 heterocycles. The molecule has 0 amide bonds. The van der Waals surface area contributed by atoms with Crippen LogP contribution in [0.1, 0.15) is 53.1 Å². The Labute approximate surface area is 231 Å². The van der Waals surface area contributed by atoms with Gasteiger partial charge >= 0.3 is 0 Å². The minimum absolute atomic E-state index is 0.182. The molecule has 2 atom stereocenters. The predicted molar refractivity (Wildman–Crippen MR) is 158 cm³/mol. The maximum atomic E-state index is 13.4. The first kappa shape index (κ1) is 30.0. The lowest BCUT2D eigenvalue weighted by molar-refractivity contribution is 0.626. The van der Waals surface area contributed by atoms with Crippen molar-refractivity contribution in [2.45, 2.75) is 51.8 Å². The quantitative estimate of drug-likeness (QED) is 0.248. The van der Waals surface area contributed by atoms with Crippen molar-refractivity contribution in [1.82, 2.24) is 0 Å². The van der Waals surface area contributed by atoms with E-state index in [2.05, 4.69) is 50.5 Å². The van der Waals surface area contributed by atoms with E-state index in [0.717, 1.165) is 22.4 Å². The van der Waals surface area contributed by atoms with Gasteiger partial charge in [0.05, 0.1) is 10.7 Å². The van der Waals surface area contributed by atoms with Crippen LogP contribution in [-0.2, 0) is 0 Å². The Morgan fingerprint density at radius 3 is 2.00 bits per heavy atom. The minimum Gasteiger partial charge on any atom is -0.354 e. The Morgan fingerprint density at radius 1 is 0.889 bits per heavy atom. The van der Waals surface area contributed by atoms with E-state index in [4.69, 9.17) is 34.8 Å². The van der Waals surface area contributed by atoms with E-state index in [-0.39, 0.29) is 17.7 Å². The van der Waals surface area contributed by atoms with E-state index in [9.17, 15) is 4.39 Å². The third-order valence-electron chi connectivity index (χ3n) is 5.76. The molecule has 2 unspecified atom stereocenters. The smallest absolute Gasteiger partial charge is 0.132 e. The highest BCUT2D eigenvalue weighted by atomic mass is 35.5. The van der Waals surface area contributed by atoms with Crippen molar-refractivity contribution in [2.24, 2.45) is 5.92 Å². The third kappa shape index (κ3) is 7.62. The van der Waals surface area contributed by atoms with Crippen molar-refractivity contribution in [2.75, 3.05) is 5.32 Å². The number of rotatable bonds is 5. The number of anilines is 1. The van der Waals surface area contributed by atoms with Gasteiger partial charge in [-0.2, -0.15) is 0 Å². The fraction of sp³-hybridized carbons (Fsp3) is 0.290. The lowest BCUT2D eigenvalue weighted by Crippen LogP contribution is -1.99. The summed E-state index contributed by atoms with van der Waals surface area (Å²) in [5, 5.41) is 3.74. The fourth-order valence-electron chi connectivity index (χ4n) is 4.14. The monoisotopic (exact) mass is 545 g/mol. The highest BCUT2D eigenvalue weighted by molar-refractivity contribution is 6.52. The van der Waals surface area contributed by atoms with Crippen molar-refractivity contribution in [3.63, 3.8) is 0 Å². The summed E-state index contributed by atoms with van der Waals surface area (Å²) in [7, 11) is 0. The molecule has 0 aromatic heterocycles. The zero-order valence-corrected chi connectivity index (χ0v) is 24.1. The Bertz CT molecular complexity index is 1190. The molecule has 1 fully saturated rings. The van der Waals surface area contributed by atoms with Gasteiger partial charge in [0.25, 0.3) is 0 Å². The molecule has 0 spiro atoms. The lowest BCUT2D eigenvalue weighted by Gasteiger charge is -2.13. The van der Waals surface area contributed by atoms with Gasteiger partial charge in [0, 0.05) is 23.1 Å². The maximum absolute atomic E-state index is 13.4. The molecule has 36 heavy (non-hydrogen) atoms. The van der Waals surface area contributed by atoms with Gasteiger partial charge in [0.15, 0.2) is 0 Å². The first-order valence-corrected chi connectivity index (χ1v) is 13.1. The van der Waals surface area contributed by atoms with Crippen molar-refractivity contribution < 1.29 is 4.39 Å². The highest BCUT2D eigenvalue weighted by Gasteiger charge is 2.62. The number of alkyl halides is 2. The summed E-state index contributed by atoms with van der Waals surface area (Å²) in [6.07, 6.45) is 1.85. The molecule has 1 nitrogen and oxygen atoms in total. The summed E-state index contributed by atoms with van der Waals surface area (Å²) >= 11 is 18.5. The van der Waals surface area contributed by atoms with Crippen LogP contribution in [0.3, 0.4) is 0 Å². The van der Waals surface area contributed by atoms with E-state index in [1.807, 2.05) is 58.0 Å². The second kappa shape index (κ2) is 12.8. The van der Waals surface area contributed by atoms with Crippen LogP contribution < -0.4 is 5.32 Å². The van der Waals surface area contributed by atoms with Crippen molar-refractivity contribution in [3.8, 4) is 0 Å². The summed E-state index contributed by atoms with van der Waals surface area (Å²) < 4.78 is 12.7. The van der Waals surface area contributed by atoms with Crippen LogP contribution in [0.4, 0.5) is 10.1 Å². The van der Waals surface area contributed by atoms with Crippen molar-refractivity contribution in [1.29, 1.82) is 0 Å². The molecule has 4 rings (SSSR count). The molecule has 0 saturated heterocycles. The molecule has 3 aromatic carbocycles. The van der Waals surface area contributed by atoms with Gasteiger partial charge in [0.1, 0.15) is 10.2 Å². The van der Waals surface area contributed by atoms with Gasteiger partial charge in [0.2, 0.25) is 0 Å². The van der Waals surface area contributed by atoms with Crippen molar-refractivity contribution >= 4 is 46.2 Å². The Morgan fingerprint density at radius 2 is 1.47 bits per heavy atom. The molecule has 3 aromatic rings. The van der Waals surface area contributed by atoms with E-state index in [1.165, 1.54) is 28.8 Å². The summed E-state index contributed by atoms with van der Waals surface area (Å²) in [5.41, 5.74) is 7.79. The van der Waals surface area contributed by atoms with Gasteiger partial charge in [-0.1, -0.05) is 73.5 Å². The zero-order chi connectivity index (χ0) is 27.2. The second-order valence-electron chi connectivity index (χ2n) is 8.94. The molecule has 192 valence electrons. The van der Waals surface area contributed by atoms with Gasteiger partial charge in [-0.3, -0.25) is 0 Å². The Hall–Kier alpha value is -2.26. The zero-order valence-electron chi connectivity index (χ0n) is 21.9. The second-order valence-corrected chi connectivity index (χ2v) is 10.8. The fourth-order valence-corrected chi connectivity index (χ4v) is 5.14. The van der Waals surface area contributed by atoms with Gasteiger partial charge in [-0.25, -0.2) is 4.39 Å². The van der Waals surface area contributed by atoms with Crippen LogP contribution in [0.15, 0.2) is 73.8 Å². The normalized spacial score (nSPS) is 17.1. The van der Waals surface area contributed by atoms with Crippen LogP contribution in [0.5, 0.6) is 0 Å². The van der Waals surface area contributed by atoms with E-state index in [0.29, 0.717) is 10.7 Å². The Kier molecular flexibility index (Phi) is 10.7. The first-order valence-electron chi connectivity index (χ1n) is 12.0. The molecule has 0 bridgehead atoms. The summed E-state index contributed by atoms with van der Waals surface area (Å²) in [5.74, 6) is 0.118. The summed E-state index contributed by atoms with van der Waals surface area (Å²) in [4.78, 5) is 0. The largest absolute Gasteiger partial charge is 0.354 e. The molecule has 5 heteroatoms. The van der Waals surface area contributed by atoms with Crippen LogP contribution in [0, 0.1) is 39.4 Å². The topological polar surface area (TPSA) is 12.0 Å². The van der Waals surface area contributed by atoms with Crippen LogP contribution >= 0.6 is 34.8 Å². The number of halogens is 4. The highest BCUT2D eigenvalue weighted by Crippen LogP contribution is 2.65. The standard InChI is InChI=1S/C16H15ClFN.C13H14Cl2.C2H6/c1-10-4-5-15(17)16(8-10)19-12(3)13-6-11(2)7-14(18)9-13;1-4-11-12(13(11,14)15)10-6-8(2)5-9(3)7-10;1-2/h4-9,19H,3H2,1-2H3;4-7,11-12H,1H2,2-3H3;1-2H3. The number of hydrogen-bond acceptors (Lipinski definition) is 1. The third-order valence-corrected chi connectivity index (χ3v) is 7.07. The van der Waals surface area contributed by atoms with Gasteiger partial charge in [-0.15, -0.1) is 29.8 Å². The number of allylic oxidation sites excluding steroid dienone is 1. The average Bonchev–Trinajstić information content (AvgIpc) is 3.37. The first-order chi connectivity index (χ1) is 16.9. The summed E-state index contributed by atoms with van der Waals surface area (Å²) in [6, 6.07) is 17.0. The number of hydrogen-bond donors (Lipinski definition) is 1. The number of aryl methyl sites for hydroxylation is 4. The molecule has 0 aliphatic heterocycles. The molecular formula is C31H35Cl3FN. The van der Waals surface area contributed by atoms with Gasteiger partial charge < -0.3 is 5.32 Å². The van der Waals surface area contributed by atoms with Crippen LogP contribution in [0.2, 0.25) is 5.02 Å². The molecule has 1 aliphatic carbocycles. The number of nitrogens with one attached hydrogen (secondary N) is 1. The molecular weight excluding hydrogens is 512 g/mol. The number of benzene rings is 3. The molecule has 1 saturated carbocycles. The van der Waals surface area contributed by atoms with E-state index >= 15 is 0 Å². The molecule has 0 radical (unpaired) electrons. The average molecular weight is 547 g/mol. The molecule has 1 N–H and O–H groups in total. The van der Waals surface area contributed by atoms with Crippen LogP contribution in [-0.4, -0.2) is 4.33 Å². The summed E-state index contributed by atoms with van der Waals surface area (Å²) in [6.45, 7) is 19.7. The van der Waals surface area contributed by atoms with E-state index in [1.54, 1.807) is 0 Å². The Balaban J connectivity index is 0.000000243. The molecule has 1 aliphatic rings. The minimum atomic E-state index is -0.651. The predicted octanol–water partition coefficient (Wildman–Crippen LogP) is 10.6. The SMILES string of the molecule is C=C(Nc1cc(C)ccc1Cl)c1cc(C)cc(F)c1.C=CC1C(c2cc(C)cc(C)c2)C1(Cl)Cl.CC. The maximum Gasteiger partial charge on any atom is 0.132 e. The van der Waals surface area contributed by atoms with E-state index < -0.39 is 4.33 Å². The lowest BCUT2D eigenvalue weighted by atomic mass is 10.0. The van der Waals surface area contributed by atoms with Gasteiger partial charge in [-0.05, 0) is 74.7 Å².